The van der Waals surface area contributed by atoms with Crippen molar-refractivity contribution in [3.63, 3.8) is 0 Å². The van der Waals surface area contributed by atoms with Crippen molar-refractivity contribution in [2.24, 2.45) is 0 Å². The Hall–Kier alpha value is -1.56. The molecule has 7 heteroatoms. The van der Waals surface area contributed by atoms with E-state index in [2.05, 4.69) is 21.2 Å². The van der Waals surface area contributed by atoms with Gasteiger partial charge in [-0.25, -0.2) is 0 Å². The van der Waals surface area contributed by atoms with Gasteiger partial charge in [-0.05, 0) is 63.1 Å². The Kier molecular flexibility index (Phi) is 8.15. The van der Waals surface area contributed by atoms with Crippen molar-refractivity contribution in [1.82, 2.24) is 10.2 Å². The van der Waals surface area contributed by atoms with Crippen LogP contribution in [0.5, 0.6) is 0 Å². The molecule has 0 spiro atoms. The van der Waals surface area contributed by atoms with Gasteiger partial charge < -0.3 is 10.2 Å². The van der Waals surface area contributed by atoms with Crippen LogP contribution in [0, 0.1) is 0 Å². The second kappa shape index (κ2) is 9.96. The van der Waals surface area contributed by atoms with Gasteiger partial charge >= 0.3 is 0 Å². The second-order valence-electron chi connectivity index (χ2n) is 7.99. The quantitative estimate of drug-likeness (QED) is 0.559. The molecule has 2 aromatic carbocycles. The summed E-state index contributed by atoms with van der Waals surface area (Å²) in [5.41, 5.74) is 1.29. The zero-order valence-electron chi connectivity index (χ0n) is 16.9. The second-order valence-corrected chi connectivity index (χ2v) is 9.72. The lowest BCUT2D eigenvalue weighted by Crippen LogP contribution is -2.52. The molecule has 0 unspecified atom stereocenters. The average Bonchev–Trinajstić information content (AvgIpc) is 2.62. The molecule has 0 saturated carbocycles. The zero-order chi connectivity index (χ0) is 21.8. The summed E-state index contributed by atoms with van der Waals surface area (Å²) in [6, 6.07) is 12.2. The van der Waals surface area contributed by atoms with Gasteiger partial charge in [0.05, 0.1) is 16.5 Å². The Balaban J connectivity index is 2.26. The first-order valence-corrected chi connectivity index (χ1v) is 10.8. The highest BCUT2D eigenvalue weighted by Crippen LogP contribution is 2.23. The Morgan fingerprint density at radius 1 is 1.03 bits per heavy atom. The van der Waals surface area contributed by atoms with E-state index in [-0.39, 0.29) is 23.8 Å². The lowest BCUT2D eigenvalue weighted by molar-refractivity contribution is -0.140. The van der Waals surface area contributed by atoms with Gasteiger partial charge in [-0.3, -0.25) is 9.59 Å². The van der Waals surface area contributed by atoms with E-state index in [0.29, 0.717) is 16.6 Å². The Morgan fingerprint density at radius 3 is 2.17 bits per heavy atom. The molecule has 0 fully saturated rings. The molecular formula is C22H25BrCl2N2O2. The van der Waals surface area contributed by atoms with Crippen molar-refractivity contribution in [2.45, 2.75) is 52.2 Å². The van der Waals surface area contributed by atoms with Gasteiger partial charge in [0.2, 0.25) is 11.8 Å². The lowest BCUT2D eigenvalue weighted by atomic mass is 10.1. The molecule has 0 saturated heterocycles. The number of halogens is 3. The van der Waals surface area contributed by atoms with Gasteiger partial charge in [0.1, 0.15) is 6.04 Å². The Bertz CT molecular complexity index is 879. The maximum Gasteiger partial charge on any atom is 0.242 e. The topological polar surface area (TPSA) is 49.4 Å². The number of benzene rings is 2. The number of nitrogens with zero attached hydrogens (tertiary/aromatic N) is 1. The number of hydrogen-bond donors (Lipinski definition) is 1. The summed E-state index contributed by atoms with van der Waals surface area (Å²) in [5, 5.41) is 3.79. The summed E-state index contributed by atoms with van der Waals surface area (Å²) in [6.07, 6.45) is 0.126. The molecule has 1 atom stereocenters. The summed E-state index contributed by atoms with van der Waals surface area (Å²) >= 11 is 15.5. The molecule has 2 aromatic rings. The monoisotopic (exact) mass is 498 g/mol. The van der Waals surface area contributed by atoms with Crippen molar-refractivity contribution in [2.75, 3.05) is 0 Å². The van der Waals surface area contributed by atoms with Crippen LogP contribution < -0.4 is 5.32 Å². The van der Waals surface area contributed by atoms with Gasteiger partial charge in [0, 0.05) is 16.6 Å². The minimum atomic E-state index is -0.631. The van der Waals surface area contributed by atoms with Gasteiger partial charge in [-0.15, -0.1) is 0 Å². The highest BCUT2D eigenvalue weighted by Gasteiger charge is 2.28. The van der Waals surface area contributed by atoms with Crippen molar-refractivity contribution in [1.29, 1.82) is 0 Å². The van der Waals surface area contributed by atoms with E-state index in [9.17, 15) is 9.59 Å². The van der Waals surface area contributed by atoms with Crippen LogP contribution in [0.4, 0.5) is 0 Å². The van der Waals surface area contributed by atoms with E-state index in [4.69, 9.17) is 23.2 Å². The van der Waals surface area contributed by atoms with E-state index in [1.54, 1.807) is 30.0 Å². The lowest BCUT2D eigenvalue weighted by Gasteiger charge is -2.31. The summed E-state index contributed by atoms with van der Waals surface area (Å²) < 4.78 is 0.952. The maximum absolute atomic E-state index is 13.2. The summed E-state index contributed by atoms with van der Waals surface area (Å²) in [6.45, 7) is 7.80. The highest BCUT2D eigenvalue weighted by atomic mass is 79.9. The van der Waals surface area contributed by atoms with Crippen LogP contribution in [-0.2, 0) is 22.6 Å². The average molecular weight is 500 g/mol. The maximum atomic E-state index is 13.2. The highest BCUT2D eigenvalue weighted by molar-refractivity contribution is 9.10. The molecule has 0 radical (unpaired) electrons. The number of nitrogens with one attached hydrogen (secondary N) is 1. The fraction of sp³-hybridized carbons (Fsp3) is 0.364. The van der Waals surface area contributed by atoms with E-state index in [0.717, 1.165) is 15.6 Å². The fourth-order valence-corrected chi connectivity index (χ4v) is 3.35. The molecule has 2 rings (SSSR count). The SMILES string of the molecule is C[C@H](C(=O)NC(C)(C)C)N(Cc1ccc(Br)cc1)C(=O)Cc1ccc(Cl)c(Cl)c1. The van der Waals surface area contributed by atoms with Crippen molar-refractivity contribution in [3.8, 4) is 0 Å². The minimum absolute atomic E-state index is 0.126. The molecule has 0 aliphatic heterocycles. The molecule has 0 aliphatic rings. The number of amides is 2. The van der Waals surface area contributed by atoms with Crippen molar-refractivity contribution in [3.05, 3.63) is 68.1 Å². The van der Waals surface area contributed by atoms with E-state index in [1.165, 1.54) is 0 Å². The molecule has 0 heterocycles. The van der Waals surface area contributed by atoms with Crippen LogP contribution in [0.1, 0.15) is 38.8 Å². The summed E-state index contributed by atoms with van der Waals surface area (Å²) in [4.78, 5) is 27.5. The normalized spacial score (nSPS) is 12.4. The van der Waals surface area contributed by atoms with Crippen LogP contribution in [0.15, 0.2) is 46.9 Å². The Morgan fingerprint density at radius 2 is 1.62 bits per heavy atom. The minimum Gasteiger partial charge on any atom is -0.350 e. The molecule has 0 aromatic heterocycles. The van der Waals surface area contributed by atoms with Gasteiger partial charge in [-0.1, -0.05) is 57.3 Å². The number of hydrogen-bond acceptors (Lipinski definition) is 2. The van der Waals surface area contributed by atoms with Gasteiger partial charge in [0.15, 0.2) is 0 Å². The van der Waals surface area contributed by atoms with Crippen molar-refractivity contribution >= 4 is 50.9 Å². The molecule has 2 amide bonds. The standard InChI is InChI=1S/C22H25BrCl2N2O2/c1-14(21(29)26-22(2,3)4)27(13-15-5-8-17(23)9-6-15)20(28)12-16-7-10-18(24)19(25)11-16/h5-11,14H,12-13H2,1-4H3,(H,26,29)/t14-/m1/s1. The summed E-state index contributed by atoms with van der Waals surface area (Å²) in [5.74, 6) is -0.361. The molecule has 156 valence electrons. The molecule has 0 bridgehead atoms. The predicted octanol–water partition coefficient (Wildman–Crippen LogP) is 5.63. The number of rotatable bonds is 6. The van der Waals surface area contributed by atoms with Crippen LogP contribution in [0.25, 0.3) is 0 Å². The third kappa shape index (κ3) is 7.32. The first-order chi connectivity index (χ1) is 13.5. The fourth-order valence-electron chi connectivity index (χ4n) is 2.77. The first-order valence-electron chi connectivity index (χ1n) is 9.26. The Labute approximate surface area is 190 Å². The molecule has 29 heavy (non-hydrogen) atoms. The number of carbonyl (C=O) groups excluding carboxylic acids is 2. The predicted molar refractivity (Wildman–Crippen MR) is 122 cm³/mol. The number of carbonyl (C=O) groups is 2. The van der Waals surface area contributed by atoms with E-state index < -0.39 is 6.04 Å². The zero-order valence-corrected chi connectivity index (χ0v) is 20.0. The molecule has 1 N–H and O–H groups in total. The largest absolute Gasteiger partial charge is 0.350 e. The van der Waals surface area contributed by atoms with E-state index >= 15 is 0 Å². The van der Waals surface area contributed by atoms with Crippen LogP contribution in [0.2, 0.25) is 10.0 Å². The van der Waals surface area contributed by atoms with Crippen molar-refractivity contribution < 1.29 is 9.59 Å². The molecule has 0 aliphatic carbocycles. The molecule has 4 nitrogen and oxygen atoms in total. The smallest absolute Gasteiger partial charge is 0.242 e. The third-order valence-corrected chi connectivity index (χ3v) is 5.54. The van der Waals surface area contributed by atoms with Crippen LogP contribution >= 0.6 is 39.1 Å². The molecular weight excluding hydrogens is 475 g/mol. The van der Waals surface area contributed by atoms with Crippen LogP contribution in [0.3, 0.4) is 0 Å². The third-order valence-electron chi connectivity index (χ3n) is 4.27. The van der Waals surface area contributed by atoms with Gasteiger partial charge in [0.25, 0.3) is 0 Å². The first kappa shape index (κ1) is 23.7. The summed E-state index contributed by atoms with van der Waals surface area (Å²) in [7, 11) is 0. The van der Waals surface area contributed by atoms with E-state index in [1.807, 2.05) is 45.0 Å². The van der Waals surface area contributed by atoms with Crippen LogP contribution in [-0.4, -0.2) is 28.3 Å². The van der Waals surface area contributed by atoms with Gasteiger partial charge in [-0.2, -0.15) is 0 Å².